The number of rotatable bonds is 5. The molecule has 0 radical (unpaired) electrons. The molecule has 2 aromatic heterocycles. The molecule has 5 rings (SSSR count). The molecule has 1 aliphatic heterocycles. The summed E-state index contributed by atoms with van der Waals surface area (Å²) in [4.78, 5) is 15.2. The van der Waals surface area contributed by atoms with Gasteiger partial charge in [-0.05, 0) is 76.8 Å². The molecular weight excluding hydrogens is 502 g/mol. The molecule has 0 bridgehead atoms. The third-order valence-electron chi connectivity index (χ3n) is 6.06. The lowest BCUT2D eigenvalue weighted by atomic mass is 9.94. The number of methoxy groups -OCH3 is 1. The van der Waals surface area contributed by atoms with Crippen LogP contribution in [0.25, 0.3) is 11.3 Å². The summed E-state index contributed by atoms with van der Waals surface area (Å²) in [7, 11) is 1.47. The van der Waals surface area contributed by atoms with Gasteiger partial charge in [0.05, 0.1) is 30.4 Å². The number of amides is 1. The van der Waals surface area contributed by atoms with Crippen molar-refractivity contribution < 1.29 is 24.2 Å². The molecule has 4 aromatic rings. The average molecular weight is 524 g/mol. The van der Waals surface area contributed by atoms with Gasteiger partial charge in [-0.3, -0.25) is 9.89 Å². The lowest BCUT2D eigenvalue weighted by Gasteiger charge is -2.26. The average Bonchev–Trinajstić information content (AvgIpc) is 3.52. The number of nitrogens with one attached hydrogen (secondary N) is 1. The number of fused-ring (bicyclic) bond motifs is 1. The summed E-state index contributed by atoms with van der Waals surface area (Å²) in [5.41, 5.74) is 4.38. The first-order valence-corrected chi connectivity index (χ1v) is 11.4. The molecule has 0 saturated carbocycles. The molecule has 1 atom stereocenters. The van der Waals surface area contributed by atoms with Gasteiger partial charge in [0.1, 0.15) is 22.9 Å². The number of ether oxygens (including phenoxy) is 1. The normalized spacial score (nSPS) is 15.1. The summed E-state index contributed by atoms with van der Waals surface area (Å²) in [5.74, 6) is 0.717. The minimum atomic E-state index is -0.577. The number of aryl methyl sites for hydroxylation is 2. The Balaban J connectivity index is 1.74. The molecule has 34 heavy (non-hydrogen) atoms. The first-order chi connectivity index (χ1) is 16.3. The number of hydrogen-bond acceptors (Lipinski definition) is 6. The predicted molar refractivity (Wildman–Crippen MR) is 128 cm³/mol. The summed E-state index contributed by atoms with van der Waals surface area (Å²) in [6.45, 7) is 3.99. The number of benzene rings is 2. The van der Waals surface area contributed by atoms with Gasteiger partial charge >= 0.3 is 0 Å². The Morgan fingerprint density at radius 2 is 2.00 bits per heavy atom. The quantitative estimate of drug-likeness (QED) is 0.330. The molecule has 174 valence electrons. The van der Waals surface area contributed by atoms with Crippen LogP contribution in [0.15, 0.2) is 51.6 Å². The monoisotopic (exact) mass is 523 g/mol. The maximum atomic E-state index is 13.5. The van der Waals surface area contributed by atoms with Gasteiger partial charge in [0.25, 0.3) is 5.91 Å². The number of phenolic OH excluding ortho intramolecular Hbond substituents is 2. The second-order valence-corrected chi connectivity index (χ2v) is 9.16. The van der Waals surface area contributed by atoms with E-state index in [0.717, 1.165) is 5.56 Å². The summed E-state index contributed by atoms with van der Waals surface area (Å²) in [6, 6.07) is 10.2. The fourth-order valence-corrected chi connectivity index (χ4v) is 4.99. The molecule has 1 amide bonds. The van der Waals surface area contributed by atoms with E-state index in [1.165, 1.54) is 7.11 Å². The van der Waals surface area contributed by atoms with Crippen LogP contribution in [0.4, 0.5) is 0 Å². The van der Waals surface area contributed by atoms with Gasteiger partial charge in [-0.1, -0.05) is 6.07 Å². The molecule has 2 aromatic carbocycles. The Morgan fingerprint density at radius 1 is 1.21 bits per heavy atom. The highest BCUT2D eigenvalue weighted by Gasteiger charge is 2.43. The number of furan rings is 1. The fourth-order valence-electron chi connectivity index (χ4n) is 4.53. The molecule has 0 saturated heterocycles. The van der Waals surface area contributed by atoms with Crippen LogP contribution >= 0.6 is 15.9 Å². The molecule has 1 aliphatic rings. The lowest BCUT2D eigenvalue weighted by molar-refractivity contribution is 0.0716. The lowest BCUT2D eigenvalue weighted by Crippen LogP contribution is -2.29. The van der Waals surface area contributed by atoms with Crippen molar-refractivity contribution in [2.75, 3.05) is 7.11 Å². The summed E-state index contributed by atoms with van der Waals surface area (Å²) < 4.78 is 11.3. The van der Waals surface area contributed by atoms with Crippen molar-refractivity contribution in [2.24, 2.45) is 0 Å². The molecule has 0 aliphatic carbocycles. The van der Waals surface area contributed by atoms with E-state index in [4.69, 9.17) is 9.15 Å². The highest BCUT2D eigenvalue weighted by atomic mass is 79.9. The second-order valence-electron chi connectivity index (χ2n) is 8.31. The number of carbonyl (C=O) groups excluding carboxylic acids is 1. The number of H-pyrrole nitrogens is 1. The van der Waals surface area contributed by atoms with E-state index < -0.39 is 6.04 Å². The number of phenols is 2. The number of carbonyl (C=O) groups is 1. The highest BCUT2D eigenvalue weighted by Crippen LogP contribution is 2.48. The van der Waals surface area contributed by atoms with Crippen LogP contribution in [0.3, 0.4) is 0 Å². The fraction of sp³-hybridized carbons (Fsp3) is 0.200. The molecule has 3 heterocycles. The van der Waals surface area contributed by atoms with Crippen LogP contribution < -0.4 is 4.74 Å². The number of aromatic amines is 1. The van der Waals surface area contributed by atoms with E-state index in [1.807, 2.05) is 26.0 Å². The minimum Gasteiger partial charge on any atom is -0.507 e. The van der Waals surface area contributed by atoms with E-state index in [9.17, 15) is 15.0 Å². The molecule has 1 unspecified atom stereocenters. The molecule has 3 N–H and O–H groups in total. The minimum absolute atomic E-state index is 0.0345. The van der Waals surface area contributed by atoms with Crippen molar-refractivity contribution in [2.45, 2.75) is 26.4 Å². The Hall–Kier alpha value is -3.72. The summed E-state index contributed by atoms with van der Waals surface area (Å²) in [6.07, 6.45) is 1.56. The zero-order valence-corrected chi connectivity index (χ0v) is 20.3. The Labute approximate surface area is 203 Å². The topological polar surface area (TPSA) is 112 Å². The van der Waals surface area contributed by atoms with E-state index in [1.54, 1.807) is 35.4 Å². The van der Waals surface area contributed by atoms with Crippen molar-refractivity contribution in [1.82, 2.24) is 15.1 Å². The smallest absolute Gasteiger partial charge is 0.273 e. The number of aromatic hydroxyl groups is 2. The van der Waals surface area contributed by atoms with Crippen LogP contribution in [-0.2, 0) is 6.54 Å². The molecule has 9 heteroatoms. The predicted octanol–water partition coefficient (Wildman–Crippen LogP) is 5.21. The maximum Gasteiger partial charge on any atom is 0.273 e. The second kappa shape index (κ2) is 8.25. The summed E-state index contributed by atoms with van der Waals surface area (Å²) >= 11 is 3.39. The maximum absolute atomic E-state index is 13.5. The Kier molecular flexibility index (Phi) is 5.36. The van der Waals surface area contributed by atoms with E-state index >= 15 is 0 Å². The van der Waals surface area contributed by atoms with Gasteiger partial charge in [0, 0.05) is 11.1 Å². The van der Waals surface area contributed by atoms with Crippen LogP contribution in [0, 0.1) is 13.8 Å². The van der Waals surface area contributed by atoms with Crippen molar-refractivity contribution in [3.8, 4) is 28.5 Å². The van der Waals surface area contributed by atoms with E-state index in [-0.39, 0.29) is 29.7 Å². The summed E-state index contributed by atoms with van der Waals surface area (Å²) in [5, 5.41) is 28.5. The van der Waals surface area contributed by atoms with Crippen molar-refractivity contribution >= 4 is 21.8 Å². The Bertz CT molecular complexity index is 1410. The van der Waals surface area contributed by atoms with E-state index in [2.05, 4.69) is 26.1 Å². The van der Waals surface area contributed by atoms with E-state index in [0.29, 0.717) is 43.9 Å². The first kappa shape index (κ1) is 22.1. The van der Waals surface area contributed by atoms with Gasteiger partial charge in [-0.25, -0.2) is 0 Å². The molecular formula is C25H22BrN3O5. The van der Waals surface area contributed by atoms with Gasteiger partial charge in [0.2, 0.25) is 0 Å². The number of aromatic nitrogens is 2. The van der Waals surface area contributed by atoms with Crippen molar-refractivity contribution in [1.29, 1.82) is 0 Å². The first-order valence-electron chi connectivity index (χ1n) is 10.6. The van der Waals surface area contributed by atoms with Crippen LogP contribution in [0.2, 0.25) is 0 Å². The SMILES string of the molecule is COc1cc(C2c3c(-c4cc(C)cc(C)c4O)n[nH]c3C(=O)N2Cc2ccco2)cc(Br)c1O. The third-order valence-corrected chi connectivity index (χ3v) is 6.66. The van der Waals surface area contributed by atoms with Gasteiger partial charge in [-0.15, -0.1) is 0 Å². The van der Waals surface area contributed by atoms with Gasteiger partial charge in [0.15, 0.2) is 11.5 Å². The number of nitrogens with zero attached hydrogens (tertiary/aromatic N) is 2. The highest BCUT2D eigenvalue weighted by molar-refractivity contribution is 9.10. The van der Waals surface area contributed by atoms with Crippen LogP contribution in [-0.4, -0.2) is 38.3 Å². The zero-order valence-electron chi connectivity index (χ0n) is 18.7. The third kappa shape index (κ3) is 3.43. The standard InChI is InChI=1S/C25H22BrN3O5/c1-12-7-13(2)23(30)16(8-12)20-19-21(28-27-20)25(32)29(11-15-5-4-6-34-15)22(19)14-9-17(26)24(31)18(10-14)33-3/h4-10,22,30-31H,11H2,1-3H3,(H,27,28). The zero-order chi connectivity index (χ0) is 24.1. The van der Waals surface area contributed by atoms with Gasteiger partial charge in [-0.2, -0.15) is 5.10 Å². The largest absolute Gasteiger partial charge is 0.507 e. The Morgan fingerprint density at radius 3 is 2.71 bits per heavy atom. The number of hydrogen-bond donors (Lipinski definition) is 3. The van der Waals surface area contributed by atoms with Crippen molar-refractivity contribution in [3.63, 3.8) is 0 Å². The van der Waals surface area contributed by atoms with Crippen molar-refractivity contribution in [3.05, 3.63) is 80.8 Å². The number of halogens is 1. The molecule has 0 fully saturated rings. The molecule has 8 nitrogen and oxygen atoms in total. The van der Waals surface area contributed by atoms with Crippen LogP contribution in [0.5, 0.6) is 17.2 Å². The molecule has 0 spiro atoms. The van der Waals surface area contributed by atoms with Crippen LogP contribution in [0.1, 0.15) is 44.5 Å². The van der Waals surface area contributed by atoms with Gasteiger partial charge < -0.3 is 24.3 Å².